The Morgan fingerprint density at radius 3 is 0.792 bits per heavy atom. The van der Waals surface area contributed by atoms with Gasteiger partial charge in [0.2, 0.25) is 0 Å². The van der Waals surface area contributed by atoms with Crippen molar-refractivity contribution in [3.05, 3.63) is 33.4 Å². The maximum Gasteiger partial charge on any atom is 0.336 e. The predicted octanol–water partition coefficient (Wildman–Crippen LogP) is 2.73. The van der Waals surface area contributed by atoms with Crippen LogP contribution in [0.5, 0.6) is 0 Å². The van der Waals surface area contributed by atoms with Gasteiger partial charge in [-0.05, 0) is 23.0 Å². The van der Waals surface area contributed by atoms with E-state index in [0.717, 1.165) is 0 Å². The third-order valence-corrected chi connectivity index (χ3v) is 3.59. The molecular formula is C16H18O8. The Balaban J connectivity index is 4.41. The molecule has 0 unspecified atom stereocenters. The fourth-order valence-electron chi connectivity index (χ4n) is 2.83. The Labute approximate surface area is 137 Å². The summed E-state index contributed by atoms with van der Waals surface area (Å²) in [7, 11) is 0. The molecule has 0 bridgehead atoms. The third-order valence-electron chi connectivity index (χ3n) is 3.59. The van der Waals surface area contributed by atoms with Crippen molar-refractivity contribution < 1.29 is 39.6 Å². The van der Waals surface area contributed by atoms with Crippen LogP contribution < -0.4 is 0 Å². The van der Waals surface area contributed by atoms with E-state index in [1.165, 1.54) is 27.7 Å². The molecule has 0 amide bonds. The topological polar surface area (TPSA) is 149 Å². The second kappa shape index (κ2) is 6.69. The standard InChI is InChI=1S/C16H18O8/c1-5(2)7-9(13(17)18)11(15(21)22)8(6(3)4)12(16(23)24)10(7)14(19)20/h5-6H,1-4H3,(H,17,18)(H,19,20)(H,21,22)(H,23,24). The van der Waals surface area contributed by atoms with E-state index in [-0.39, 0.29) is 11.1 Å². The maximum absolute atomic E-state index is 11.7. The molecule has 0 heterocycles. The lowest BCUT2D eigenvalue weighted by Gasteiger charge is -2.23. The van der Waals surface area contributed by atoms with Crippen molar-refractivity contribution in [2.45, 2.75) is 39.5 Å². The fraction of sp³-hybridized carbons (Fsp3) is 0.375. The predicted molar refractivity (Wildman–Crippen MR) is 82.5 cm³/mol. The van der Waals surface area contributed by atoms with Crippen LogP contribution in [0.1, 0.15) is 92.1 Å². The SMILES string of the molecule is CC(C)c1c(C(=O)O)c(C(=O)O)c(C(C)C)c(C(=O)O)c1C(=O)O. The lowest BCUT2D eigenvalue weighted by Crippen LogP contribution is -2.25. The highest BCUT2D eigenvalue weighted by molar-refractivity contribution is 6.12. The largest absolute Gasteiger partial charge is 0.478 e. The molecule has 0 aliphatic heterocycles. The lowest BCUT2D eigenvalue weighted by atomic mass is 9.79. The highest BCUT2D eigenvalue weighted by atomic mass is 16.4. The van der Waals surface area contributed by atoms with Gasteiger partial charge in [0.05, 0.1) is 22.3 Å². The summed E-state index contributed by atoms with van der Waals surface area (Å²) in [6.45, 7) is 5.89. The van der Waals surface area contributed by atoms with Crippen LogP contribution in [-0.4, -0.2) is 44.3 Å². The Hall–Kier alpha value is -2.90. The number of carboxylic acid groups (broad SMARTS) is 4. The van der Waals surface area contributed by atoms with E-state index < -0.39 is 58.0 Å². The summed E-state index contributed by atoms with van der Waals surface area (Å²) >= 11 is 0. The highest BCUT2D eigenvalue weighted by Crippen LogP contribution is 2.37. The van der Waals surface area contributed by atoms with E-state index in [0.29, 0.717) is 0 Å². The summed E-state index contributed by atoms with van der Waals surface area (Å²) in [5.74, 6) is -7.87. The number of carboxylic acids is 4. The summed E-state index contributed by atoms with van der Waals surface area (Å²) in [4.78, 5) is 46.7. The monoisotopic (exact) mass is 338 g/mol. The van der Waals surface area contributed by atoms with Gasteiger partial charge in [0, 0.05) is 0 Å². The molecule has 0 aliphatic carbocycles. The molecule has 0 spiro atoms. The van der Waals surface area contributed by atoms with Crippen molar-refractivity contribution in [2.24, 2.45) is 0 Å². The second-order valence-electron chi connectivity index (χ2n) is 5.86. The summed E-state index contributed by atoms with van der Waals surface area (Å²) in [6, 6.07) is 0. The van der Waals surface area contributed by atoms with Crippen molar-refractivity contribution in [3.63, 3.8) is 0 Å². The molecule has 0 aromatic heterocycles. The molecule has 0 radical (unpaired) electrons. The van der Waals surface area contributed by atoms with Gasteiger partial charge in [-0.3, -0.25) is 0 Å². The third kappa shape index (κ3) is 3.08. The van der Waals surface area contributed by atoms with Gasteiger partial charge in [0.15, 0.2) is 0 Å². The van der Waals surface area contributed by atoms with Gasteiger partial charge >= 0.3 is 23.9 Å². The van der Waals surface area contributed by atoms with Crippen LogP contribution in [0.25, 0.3) is 0 Å². The van der Waals surface area contributed by atoms with Gasteiger partial charge in [-0.1, -0.05) is 27.7 Å². The zero-order valence-corrected chi connectivity index (χ0v) is 13.6. The van der Waals surface area contributed by atoms with Crippen LogP contribution in [0.2, 0.25) is 0 Å². The van der Waals surface area contributed by atoms with E-state index in [9.17, 15) is 39.6 Å². The maximum atomic E-state index is 11.7. The number of rotatable bonds is 6. The molecular weight excluding hydrogens is 320 g/mol. The van der Waals surface area contributed by atoms with Gasteiger partial charge in [-0.15, -0.1) is 0 Å². The first-order valence-electron chi connectivity index (χ1n) is 7.10. The van der Waals surface area contributed by atoms with Crippen LogP contribution in [0.3, 0.4) is 0 Å². The molecule has 4 N–H and O–H groups in total. The van der Waals surface area contributed by atoms with E-state index in [1.807, 2.05) is 0 Å². The number of carbonyl (C=O) groups is 4. The first kappa shape index (κ1) is 19.1. The number of benzene rings is 1. The van der Waals surface area contributed by atoms with Crippen LogP contribution in [-0.2, 0) is 0 Å². The lowest BCUT2D eigenvalue weighted by molar-refractivity contribution is 0.0631. The van der Waals surface area contributed by atoms with Crippen molar-refractivity contribution in [1.29, 1.82) is 0 Å². The molecule has 0 saturated carbocycles. The van der Waals surface area contributed by atoms with Crippen molar-refractivity contribution in [1.82, 2.24) is 0 Å². The molecule has 8 heteroatoms. The first-order valence-corrected chi connectivity index (χ1v) is 7.10. The second-order valence-corrected chi connectivity index (χ2v) is 5.86. The fourth-order valence-corrected chi connectivity index (χ4v) is 2.83. The van der Waals surface area contributed by atoms with Crippen LogP contribution in [0.15, 0.2) is 0 Å². The molecule has 1 rings (SSSR count). The highest BCUT2D eigenvalue weighted by Gasteiger charge is 2.37. The molecule has 1 aromatic carbocycles. The van der Waals surface area contributed by atoms with E-state index in [4.69, 9.17) is 0 Å². The molecule has 24 heavy (non-hydrogen) atoms. The zero-order valence-electron chi connectivity index (χ0n) is 13.6. The zero-order chi connectivity index (χ0) is 18.9. The van der Waals surface area contributed by atoms with Crippen LogP contribution in [0, 0.1) is 0 Å². The number of hydrogen-bond acceptors (Lipinski definition) is 4. The summed E-state index contributed by atoms with van der Waals surface area (Å²) in [5.41, 5.74) is -3.33. The molecule has 0 atom stereocenters. The van der Waals surface area contributed by atoms with Gasteiger partial charge < -0.3 is 20.4 Å². The Morgan fingerprint density at radius 1 is 0.542 bits per heavy atom. The smallest absolute Gasteiger partial charge is 0.336 e. The summed E-state index contributed by atoms with van der Waals surface area (Å²) in [5, 5.41) is 37.9. The molecule has 1 aromatic rings. The van der Waals surface area contributed by atoms with Crippen LogP contribution in [0.4, 0.5) is 0 Å². The minimum atomic E-state index is -1.61. The Bertz CT molecular complexity index is 627. The van der Waals surface area contributed by atoms with Crippen molar-refractivity contribution in [2.75, 3.05) is 0 Å². The number of aromatic carboxylic acids is 4. The summed E-state index contributed by atoms with van der Waals surface area (Å²) < 4.78 is 0. The Kier molecular flexibility index (Phi) is 5.34. The van der Waals surface area contributed by atoms with Gasteiger partial charge in [-0.25, -0.2) is 19.2 Å². The average molecular weight is 338 g/mol. The molecule has 130 valence electrons. The quantitative estimate of drug-likeness (QED) is 0.618. The van der Waals surface area contributed by atoms with Crippen molar-refractivity contribution >= 4 is 23.9 Å². The molecule has 0 aliphatic rings. The minimum absolute atomic E-state index is 0.311. The normalized spacial score (nSPS) is 10.9. The van der Waals surface area contributed by atoms with E-state index >= 15 is 0 Å². The van der Waals surface area contributed by atoms with Gasteiger partial charge in [0.1, 0.15) is 0 Å². The van der Waals surface area contributed by atoms with Crippen LogP contribution >= 0.6 is 0 Å². The Morgan fingerprint density at radius 2 is 0.708 bits per heavy atom. The van der Waals surface area contributed by atoms with Gasteiger partial charge in [0.25, 0.3) is 0 Å². The minimum Gasteiger partial charge on any atom is -0.478 e. The summed E-state index contributed by atoms with van der Waals surface area (Å²) in [6.07, 6.45) is 0. The van der Waals surface area contributed by atoms with Gasteiger partial charge in [-0.2, -0.15) is 0 Å². The number of hydrogen-bond donors (Lipinski definition) is 4. The van der Waals surface area contributed by atoms with Crippen molar-refractivity contribution in [3.8, 4) is 0 Å². The molecule has 0 saturated heterocycles. The average Bonchev–Trinajstić information content (AvgIpc) is 2.42. The molecule has 8 nitrogen and oxygen atoms in total. The van der Waals surface area contributed by atoms with E-state index in [2.05, 4.69) is 0 Å². The molecule has 0 fully saturated rings. The van der Waals surface area contributed by atoms with E-state index in [1.54, 1.807) is 0 Å². The first-order chi connectivity index (χ1) is 10.9.